The van der Waals surface area contributed by atoms with E-state index in [9.17, 15) is 4.79 Å². The number of benzene rings is 2. The molecular formula is C19H24N2O. The van der Waals surface area contributed by atoms with E-state index in [-0.39, 0.29) is 5.91 Å². The lowest BCUT2D eigenvalue weighted by Gasteiger charge is -2.12. The van der Waals surface area contributed by atoms with Crippen LogP contribution in [0.25, 0.3) is 0 Å². The first-order chi connectivity index (χ1) is 10.6. The van der Waals surface area contributed by atoms with Crippen LogP contribution in [0.2, 0.25) is 0 Å². The van der Waals surface area contributed by atoms with E-state index in [1.165, 1.54) is 22.3 Å². The number of nitrogens with one attached hydrogen (secondary N) is 2. The molecule has 0 saturated carbocycles. The molecule has 2 rings (SSSR count). The van der Waals surface area contributed by atoms with Gasteiger partial charge in [0.2, 0.25) is 5.91 Å². The molecule has 0 atom stereocenters. The van der Waals surface area contributed by atoms with E-state index in [2.05, 4.69) is 43.5 Å². The van der Waals surface area contributed by atoms with Crippen LogP contribution in [-0.4, -0.2) is 12.5 Å². The number of carbonyl (C=O) groups is 1. The van der Waals surface area contributed by atoms with E-state index in [4.69, 9.17) is 0 Å². The maximum Gasteiger partial charge on any atom is 0.222 e. The van der Waals surface area contributed by atoms with E-state index in [1.807, 2.05) is 30.3 Å². The number of aryl methyl sites for hydroxylation is 2. The van der Waals surface area contributed by atoms with Crippen molar-refractivity contribution in [2.45, 2.75) is 33.7 Å². The van der Waals surface area contributed by atoms with Crippen molar-refractivity contribution in [2.75, 3.05) is 11.9 Å². The summed E-state index contributed by atoms with van der Waals surface area (Å²) in [5.74, 6) is 0.0704. The standard InChI is InChI=1S/C19H24N2O/c1-14-8-6-10-18(16(14)3)20-12-11-19(22)21-13-17-9-5-4-7-15(17)2/h4-10,20H,11-13H2,1-3H3,(H,21,22). The first-order valence-electron chi connectivity index (χ1n) is 7.69. The summed E-state index contributed by atoms with van der Waals surface area (Å²) in [5.41, 5.74) is 5.97. The third-order valence-electron chi connectivity index (χ3n) is 4.01. The third kappa shape index (κ3) is 4.35. The molecule has 3 heteroatoms. The fraction of sp³-hybridized carbons (Fsp3) is 0.316. The van der Waals surface area contributed by atoms with Crippen molar-refractivity contribution in [3.8, 4) is 0 Å². The van der Waals surface area contributed by atoms with Gasteiger partial charge in [-0.25, -0.2) is 0 Å². The quantitative estimate of drug-likeness (QED) is 0.853. The molecule has 0 aliphatic rings. The van der Waals surface area contributed by atoms with Crippen LogP contribution in [0.3, 0.4) is 0 Å². The molecule has 3 nitrogen and oxygen atoms in total. The molecule has 0 aliphatic carbocycles. The van der Waals surface area contributed by atoms with Gasteiger partial charge >= 0.3 is 0 Å². The molecule has 0 aliphatic heterocycles. The first kappa shape index (κ1) is 16.1. The second-order valence-corrected chi connectivity index (χ2v) is 5.63. The van der Waals surface area contributed by atoms with Crippen molar-refractivity contribution in [1.82, 2.24) is 5.32 Å². The molecule has 0 unspecified atom stereocenters. The van der Waals surface area contributed by atoms with Crippen molar-refractivity contribution in [3.63, 3.8) is 0 Å². The Morgan fingerprint density at radius 2 is 1.68 bits per heavy atom. The monoisotopic (exact) mass is 296 g/mol. The van der Waals surface area contributed by atoms with Gasteiger partial charge in [0.25, 0.3) is 0 Å². The van der Waals surface area contributed by atoms with Crippen LogP contribution in [0, 0.1) is 20.8 Å². The highest BCUT2D eigenvalue weighted by Gasteiger charge is 2.04. The molecule has 2 aromatic rings. The molecule has 0 fully saturated rings. The fourth-order valence-electron chi connectivity index (χ4n) is 2.34. The average molecular weight is 296 g/mol. The first-order valence-corrected chi connectivity index (χ1v) is 7.69. The smallest absolute Gasteiger partial charge is 0.222 e. The minimum atomic E-state index is 0.0704. The van der Waals surface area contributed by atoms with Gasteiger partial charge in [0.05, 0.1) is 0 Å². The molecule has 0 saturated heterocycles. The van der Waals surface area contributed by atoms with Crippen molar-refractivity contribution in [2.24, 2.45) is 0 Å². The number of amides is 1. The molecular weight excluding hydrogens is 272 g/mol. The minimum Gasteiger partial charge on any atom is -0.384 e. The predicted octanol–water partition coefficient (Wildman–Crippen LogP) is 3.73. The second-order valence-electron chi connectivity index (χ2n) is 5.63. The van der Waals surface area contributed by atoms with Crippen LogP contribution < -0.4 is 10.6 Å². The Hall–Kier alpha value is -2.29. The Balaban J connectivity index is 1.76. The van der Waals surface area contributed by atoms with Gasteiger partial charge in [-0.05, 0) is 49.1 Å². The summed E-state index contributed by atoms with van der Waals surface area (Å²) in [7, 11) is 0. The van der Waals surface area contributed by atoms with Crippen LogP contribution in [0.4, 0.5) is 5.69 Å². The van der Waals surface area contributed by atoms with Crippen molar-refractivity contribution in [3.05, 3.63) is 64.7 Å². The van der Waals surface area contributed by atoms with Crippen molar-refractivity contribution >= 4 is 11.6 Å². The van der Waals surface area contributed by atoms with E-state index in [1.54, 1.807) is 0 Å². The average Bonchev–Trinajstić information content (AvgIpc) is 2.51. The lowest BCUT2D eigenvalue weighted by atomic mass is 10.1. The third-order valence-corrected chi connectivity index (χ3v) is 4.01. The summed E-state index contributed by atoms with van der Waals surface area (Å²) in [6, 6.07) is 14.3. The lowest BCUT2D eigenvalue weighted by molar-refractivity contribution is -0.121. The summed E-state index contributed by atoms with van der Waals surface area (Å²) in [6.07, 6.45) is 0.471. The number of anilines is 1. The Morgan fingerprint density at radius 1 is 0.955 bits per heavy atom. The highest BCUT2D eigenvalue weighted by Crippen LogP contribution is 2.17. The number of hydrogen-bond acceptors (Lipinski definition) is 2. The van der Waals surface area contributed by atoms with Crippen LogP contribution in [0.15, 0.2) is 42.5 Å². The Labute approximate surface area is 132 Å². The SMILES string of the molecule is Cc1ccccc1CNC(=O)CCNc1cccc(C)c1C. The maximum absolute atomic E-state index is 11.9. The number of rotatable bonds is 6. The molecule has 2 aromatic carbocycles. The zero-order valence-corrected chi connectivity index (χ0v) is 13.6. The van der Waals surface area contributed by atoms with Crippen molar-refractivity contribution < 1.29 is 4.79 Å². The molecule has 22 heavy (non-hydrogen) atoms. The molecule has 1 amide bonds. The van der Waals surface area contributed by atoms with Crippen molar-refractivity contribution in [1.29, 1.82) is 0 Å². The van der Waals surface area contributed by atoms with E-state index >= 15 is 0 Å². The van der Waals surface area contributed by atoms with Crippen LogP contribution in [0.1, 0.15) is 28.7 Å². The lowest BCUT2D eigenvalue weighted by Crippen LogP contribution is -2.25. The zero-order chi connectivity index (χ0) is 15.9. The molecule has 0 aromatic heterocycles. The van der Waals surface area contributed by atoms with Gasteiger partial charge < -0.3 is 10.6 Å². The molecule has 0 bridgehead atoms. The summed E-state index contributed by atoms with van der Waals surface area (Å²) in [6.45, 7) is 7.48. The fourth-order valence-corrected chi connectivity index (χ4v) is 2.34. The van der Waals surface area contributed by atoms with Crippen LogP contribution >= 0.6 is 0 Å². The van der Waals surface area contributed by atoms with Crippen LogP contribution in [0.5, 0.6) is 0 Å². The van der Waals surface area contributed by atoms with Gasteiger partial charge in [-0.3, -0.25) is 4.79 Å². The Morgan fingerprint density at radius 3 is 2.45 bits per heavy atom. The second kappa shape index (κ2) is 7.64. The highest BCUT2D eigenvalue weighted by atomic mass is 16.1. The summed E-state index contributed by atoms with van der Waals surface area (Å²) in [4.78, 5) is 11.9. The Bertz CT molecular complexity index is 650. The largest absolute Gasteiger partial charge is 0.384 e. The maximum atomic E-state index is 11.9. The molecule has 0 radical (unpaired) electrons. The van der Waals surface area contributed by atoms with Gasteiger partial charge in [0.1, 0.15) is 0 Å². The van der Waals surface area contributed by atoms with Gasteiger partial charge in [-0.15, -0.1) is 0 Å². The van der Waals surface area contributed by atoms with E-state index in [0.717, 1.165) is 5.69 Å². The molecule has 116 valence electrons. The van der Waals surface area contributed by atoms with Gasteiger partial charge in [-0.1, -0.05) is 36.4 Å². The Kier molecular flexibility index (Phi) is 5.59. The summed E-state index contributed by atoms with van der Waals surface area (Å²) >= 11 is 0. The predicted molar refractivity (Wildman–Crippen MR) is 92.0 cm³/mol. The minimum absolute atomic E-state index is 0.0704. The van der Waals surface area contributed by atoms with E-state index < -0.39 is 0 Å². The van der Waals surface area contributed by atoms with Crippen LogP contribution in [-0.2, 0) is 11.3 Å². The molecule has 0 spiro atoms. The number of carbonyl (C=O) groups excluding carboxylic acids is 1. The topological polar surface area (TPSA) is 41.1 Å². The molecule has 2 N–H and O–H groups in total. The van der Waals surface area contributed by atoms with Gasteiger partial charge in [-0.2, -0.15) is 0 Å². The summed E-state index contributed by atoms with van der Waals surface area (Å²) in [5, 5.41) is 6.31. The zero-order valence-electron chi connectivity index (χ0n) is 13.6. The normalized spacial score (nSPS) is 10.3. The summed E-state index contributed by atoms with van der Waals surface area (Å²) < 4.78 is 0. The van der Waals surface area contributed by atoms with Gasteiger partial charge in [0, 0.05) is 25.2 Å². The molecule has 0 heterocycles. The van der Waals surface area contributed by atoms with E-state index in [0.29, 0.717) is 19.5 Å². The highest BCUT2D eigenvalue weighted by molar-refractivity contribution is 5.76. The van der Waals surface area contributed by atoms with Gasteiger partial charge in [0.15, 0.2) is 0 Å². The number of hydrogen-bond donors (Lipinski definition) is 2.